The number of thiophene rings is 1. The quantitative estimate of drug-likeness (QED) is 0.607. The summed E-state index contributed by atoms with van der Waals surface area (Å²) in [4.78, 5) is 14.1. The molecule has 0 unspecified atom stereocenters. The van der Waals surface area contributed by atoms with Crippen LogP contribution in [-0.2, 0) is 10.0 Å². The Labute approximate surface area is 159 Å². The van der Waals surface area contributed by atoms with Gasteiger partial charge in [0.25, 0.3) is 15.9 Å². The van der Waals surface area contributed by atoms with Crippen LogP contribution in [0.4, 0.5) is 0 Å². The van der Waals surface area contributed by atoms with Crippen LogP contribution in [0.25, 0.3) is 0 Å². The number of halogens is 1. The summed E-state index contributed by atoms with van der Waals surface area (Å²) in [7, 11) is -3.79. The summed E-state index contributed by atoms with van der Waals surface area (Å²) in [6.07, 6.45) is 0.947. The monoisotopic (exact) mass is 446 g/mol. The molecular formula is C16H19BrN2O4S2. The Morgan fingerprint density at radius 1 is 1.20 bits per heavy atom. The van der Waals surface area contributed by atoms with Crippen molar-refractivity contribution in [2.45, 2.75) is 24.5 Å². The number of carbonyl (C=O) groups is 1. The standard InChI is InChI=1S/C16H19BrN2O4S2/c1-11(2)9-10-23-13-5-3-12(4-6-13)16(20)18-19-25(21,22)15-8-7-14(17)24-15/h3-8,11,19H,9-10H2,1-2H3,(H,18,20). The fourth-order valence-corrected chi connectivity index (χ4v) is 4.64. The van der Waals surface area contributed by atoms with Crippen LogP contribution in [0.1, 0.15) is 30.6 Å². The number of benzene rings is 1. The average molecular weight is 447 g/mol. The van der Waals surface area contributed by atoms with E-state index in [0.717, 1.165) is 17.8 Å². The molecule has 0 saturated carbocycles. The van der Waals surface area contributed by atoms with E-state index in [2.05, 4.69) is 40.0 Å². The Morgan fingerprint density at radius 2 is 1.88 bits per heavy atom. The smallest absolute Gasteiger partial charge is 0.266 e. The molecule has 2 rings (SSSR count). The van der Waals surface area contributed by atoms with Crippen molar-refractivity contribution in [2.75, 3.05) is 6.61 Å². The van der Waals surface area contributed by atoms with Crippen molar-refractivity contribution in [3.8, 4) is 5.75 Å². The minimum absolute atomic E-state index is 0.105. The van der Waals surface area contributed by atoms with Crippen LogP contribution in [0, 0.1) is 5.92 Å². The zero-order valence-electron chi connectivity index (χ0n) is 13.8. The zero-order valence-corrected chi connectivity index (χ0v) is 17.0. The SMILES string of the molecule is CC(C)CCOc1ccc(C(=O)NNS(=O)(=O)c2ccc(Br)s2)cc1. The summed E-state index contributed by atoms with van der Waals surface area (Å²) in [5, 5.41) is 0. The highest BCUT2D eigenvalue weighted by atomic mass is 79.9. The molecule has 25 heavy (non-hydrogen) atoms. The van der Waals surface area contributed by atoms with E-state index in [9.17, 15) is 13.2 Å². The second kappa shape index (κ2) is 8.79. The molecular weight excluding hydrogens is 428 g/mol. The summed E-state index contributed by atoms with van der Waals surface area (Å²) >= 11 is 4.25. The minimum Gasteiger partial charge on any atom is -0.494 e. The van der Waals surface area contributed by atoms with Crippen molar-refractivity contribution in [1.82, 2.24) is 10.3 Å². The van der Waals surface area contributed by atoms with Gasteiger partial charge in [0.2, 0.25) is 0 Å². The van der Waals surface area contributed by atoms with Crippen molar-refractivity contribution in [3.63, 3.8) is 0 Å². The highest BCUT2D eigenvalue weighted by Crippen LogP contribution is 2.25. The van der Waals surface area contributed by atoms with Crippen LogP contribution in [0.15, 0.2) is 44.4 Å². The molecule has 0 atom stereocenters. The molecule has 0 aliphatic rings. The van der Waals surface area contributed by atoms with Gasteiger partial charge in [0.05, 0.1) is 10.4 Å². The van der Waals surface area contributed by atoms with E-state index >= 15 is 0 Å². The summed E-state index contributed by atoms with van der Waals surface area (Å²) in [6, 6.07) is 9.60. The van der Waals surface area contributed by atoms with Gasteiger partial charge >= 0.3 is 0 Å². The predicted octanol–water partition coefficient (Wildman–Crippen LogP) is 3.56. The van der Waals surface area contributed by atoms with E-state index in [1.54, 1.807) is 30.3 Å². The molecule has 0 fully saturated rings. The topological polar surface area (TPSA) is 84.5 Å². The molecule has 2 aromatic rings. The second-order valence-electron chi connectivity index (χ2n) is 5.67. The van der Waals surface area contributed by atoms with Crippen molar-refractivity contribution in [1.29, 1.82) is 0 Å². The van der Waals surface area contributed by atoms with Gasteiger partial charge in [-0.2, -0.15) is 0 Å². The van der Waals surface area contributed by atoms with Gasteiger partial charge in [0, 0.05) is 5.56 Å². The zero-order chi connectivity index (χ0) is 18.4. The van der Waals surface area contributed by atoms with E-state index in [0.29, 0.717) is 27.6 Å². The lowest BCUT2D eigenvalue weighted by atomic mass is 10.1. The molecule has 0 bridgehead atoms. The van der Waals surface area contributed by atoms with Gasteiger partial charge in [-0.25, -0.2) is 8.42 Å². The molecule has 0 aliphatic carbocycles. The predicted molar refractivity (Wildman–Crippen MR) is 101 cm³/mol. The molecule has 1 aromatic carbocycles. The van der Waals surface area contributed by atoms with Crippen molar-refractivity contribution in [3.05, 3.63) is 45.7 Å². The van der Waals surface area contributed by atoms with Crippen molar-refractivity contribution in [2.24, 2.45) is 5.92 Å². The van der Waals surface area contributed by atoms with E-state index in [1.807, 2.05) is 0 Å². The molecule has 0 radical (unpaired) electrons. The van der Waals surface area contributed by atoms with Crippen LogP contribution in [0.5, 0.6) is 5.75 Å². The van der Waals surface area contributed by atoms with E-state index < -0.39 is 15.9 Å². The molecule has 0 spiro atoms. The van der Waals surface area contributed by atoms with Gasteiger partial charge < -0.3 is 4.74 Å². The molecule has 0 aliphatic heterocycles. The van der Waals surface area contributed by atoms with Crippen LogP contribution >= 0.6 is 27.3 Å². The van der Waals surface area contributed by atoms with E-state index in [-0.39, 0.29) is 4.21 Å². The normalized spacial score (nSPS) is 11.5. The Balaban J connectivity index is 1.90. The van der Waals surface area contributed by atoms with Gasteiger partial charge in [-0.05, 0) is 64.7 Å². The lowest BCUT2D eigenvalue weighted by Gasteiger charge is -2.09. The third-order valence-electron chi connectivity index (χ3n) is 3.19. The first-order chi connectivity index (χ1) is 11.8. The molecule has 6 nitrogen and oxygen atoms in total. The Hall–Kier alpha value is -1.42. The molecule has 1 heterocycles. The summed E-state index contributed by atoms with van der Waals surface area (Å²) in [5.41, 5.74) is 2.52. The molecule has 1 aromatic heterocycles. The largest absolute Gasteiger partial charge is 0.494 e. The Morgan fingerprint density at radius 3 is 2.44 bits per heavy atom. The van der Waals surface area contributed by atoms with Crippen LogP contribution in [0.3, 0.4) is 0 Å². The molecule has 0 saturated heterocycles. The lowest BCUT2D eigenvalue weighted by Crippen LogP contribution is -2.41. The van der Waals surface area contributed by atoms with Crippen LogP contribution in [0.2, 0.25) is 0 Å². The number of nitrogens with one attached hydrogen (secondary N) is 2. The maximum absolute atomic E-state index is 12.1. The number of hydrazine groups is 1. The third kappa shape index (κ3) is 6.10. The number of ether oxygens (including phenoxy) is 1. The number of rotatable bonds is 8. The van der Waals surface area contributed by atoms with E-state index in [1.165, 1.54) is 6.07 Å². The minimum atomic E-state index is -3.79. The van der Waals surface area contributed by atoms with Gasteiger partial charge in [0.1, 0.15) is 9.96 Å². The lowest BCUT2D eigenvalue weighted by molar-refractivity contribution is 0.0945. The summed E-state index contributed by atoms with van der Waals surface area (Å²) in [5.74, 6) is 0.677. The molecule has 1 amide bonds. The van der Waals surface area contributed by atoms with Crippen LogP contribution in [-0.4, -0.2) is 20.9 Å². The second-order valence-corrected chi connectivity index (χ2v) is 10.0. The van der Waals surface area contributed by atoms with Gasteiger partial charge in [-0.1, -0.05) is 13.8 Å². The fraction of sp³-hybridized carbons (Fsp3) is 0.312. The first-order valence-electron chi connectivity index (χ1n) is 7.58. The Bertz CT molecular complexity index is 817. The first-order valence-corrected chi connectivity index (χ1v) is 10.7. The highest BCUT2D eigenvalue weighted by molar-refractivity contribution is 9.11. The summed E-state index contributed by atoms with van der Waals surface area (Å²) < 4.78 is 30.5. The Kier molecular flexibility index (Phi) is 7.00. The number of hydrogen-bond acceptors (Lipinski definition) is 5. The number of carbonyl (C=O) groups excluding carboxylic acids is 1. The summed E-state index contributed by atoms with van der Waals surface area (Å²) in [6.45, 7) is 4.85. The first kappa shape index (κ1) is 19.9. The average Bonchev–Trinajstić information content (AvgIpc) is 3.00. The highest BCUT2D eigenvalue weighted by Gasteiger charge is 2.17. The van der Waals surface area contributed by atoms with Gasteiger partial charge in [-0.3, -0.25) is 10.2 Å². The molecule has 136 valence electrons. The van der Waals surface area contributed by atoms with Crippen molar-refractivity contribution >= 4 is 43.2 Å². The molecule has 9 heteroatoms. The van der Waals surface area contributed by atoms with Crippen molar-refractivity contribution < 1.29 is 17.9 Å². The van der Waals surface area contributed by atoms with Gasteiger partial charge in [-0.15, -0.1) is 16.2 Å². The third-order valence-corrected chi connectivity index (χ3v) is 6.56. The fourth-order valence-electron chi connectivity index (χ4n) is 1.79. The maximum Gasteiger partial charge on any atom is 0.266 e. The van der Waals surface area contributed by atoms with Crippen LogP contribution < -0.4 is 15.0 Å². The molecule has 2 N–H and O–H groups in total. The number of hydrogen-bond donors (Lipinski definition) is 2. The maximum atomic E-state index is 12.1. The van der Waals surface area contributed by atoms with E-state index in [4.69, 9.17) is 4.74 Å². The number of amides is 1. The number of sulfonamides is 1. The van der Waals surface area contributed by atoms with Gasteiger partial charge in [0.15, 0.2) is 0 Å².